The van der Waals surface area contributed by atoms with Crippen molar-refractivity contribution in [2.24, 2.45) is 0 Å². The van der Waals surface area contributed by atoms with Crippen molar-refractivity contribution in [1.82, 2.24) is 4.90 Å². The number of ether oxygens (including phenoxy) is 1. The lowest BCUT2D eigenvalue weighted by molar-refractivity contribution is -0.117. The fourth-order valence-electron chi connectivity index (χ4n) is 3.98. The van der Waals surface area contributed by atoms with Gasteiger partial charge >= 0.3 is 0 Å². The van der Waals surface area contributed by atoms with Gasteiger partial charge in [-0.2, -0.15) is 0 Å². The zero-order valence-corrected chi connectivity index (χ0v) is 15.6. The van der Waals surface area contributed by atoms with Crippen LogP contribution >= 0.6 is 0 Å². The molecule has 0 radical (unpaired) electrons. The standard InChI is InChI=1S/C21H23N3O3/c1-15(25)24-19-9-4-3-8-18(19)20(26)21(24)23-12-10-22(11-13-23)16-6-5-7-17(14-16)27-2/h3-9,14,21H,10-13H2,1-2H3. The van der Waals surface area contributed by atoms with Crippen LogP contribution in [0.15, 0.2) is 48.5 Å². The Bertz CT molecular complexity index is 874. The third-order valence-corrected chi connectivity index (χ3v) is 5.33. The van der Waals surface area contributed by atoms with Crippen LogP contribution in [0.4, 0.5) is 11.4 Å². The molecule has 1 unspecified atom stereocenters. The number of carbonyl (C=O) groups excluding carboxylic acids is 2. The van der Waals surface area contributed by atoms with Gasteiger partial charge in [-0.05, 0) is 24.3 Å². The van der Waals surface area contributed by atoms with Gasteiger partial charge < -0.3 is 9.64 Å². The molecule has 0 saturated carbocycles. The molecule has 0 aliphatic carbocycles. The monoisotopic (exact) mass is 365 g/mol. The molecule has 140 valence electrons. The molecule has 1 saturated heterocycles. The molecule has 6 heteroatoms. The highest BCUT2D eigenvalue weighted by molar-refractivity contribution is 6.17. The van der Waals surface area contributed by atoms with E-state index in [1.165, 1.54) is 6.92 Å². The first-order chi connectivity index (χ1) is 13.1. The molecule has 0 N–H and O–H groups in total. The Hall–Kier alpha value is -2.86. The highest BCUT2D eigenvalue weighted by Gasteiger charge is 2.43. The molecular weight excluding hydrogens is 342 g/mol. The minimum Gasteiger partial charge on any atom is -0.497 e. The number of fused-ring (bicyclic) bond motifs is 1. The molecule has 1 amide bonds. The number of benzene rings is 2. The number of Topliss-reactive ketones (excluding diaryl/α,β-unsaturated/α-hetero) is 1. The normalized spacial score (nSPS) is 19.9. The molecule has 0 bridgehead atoms. The van der Waals surface area contributed by atoms with Crippen molar-refractivity contribution in [1.29, 1.82) is 0 Å². The molecule has 2 heterocycles. The number of hydrogen-bond acceptors (Lipinski definition) is 5. The number of anilines is 2. The maximum absolute atomic E-state index is 13.0. The van der Waals surface area contributed by atoms with Gasteiger partial charge in [-0.15, -0.1) is 0 Å². The minimum absolute atomic E-state index is 0.00984. The van der Waals surface area contributed by atoms with Gasteiger partial charge in [0.05, 0.1) is 12.8 Å². The molecule has 6 nitrogen and oxygen atoms in total. The van der Waals surface area contributed by atoms with Crippen LogP contribution in [0.25, 0.3) is 0 Å². The van der Waals surface area contributed by atoms with Crippen LogP contribution in [0.3, 0.4) is 0 Å². The second kappa shape index (κ2) is 7.04. The van der Waals surface area contributed by atoms with Crippen LogP contribution in [0, 0.1) is 0 Å². The van der Waals surface area contributed by atoms with E-state index in [1.807, 2.05) is 36.4 Å². The van der Waals surface area contributed by atoms with Gasteiger partial charge in [-0.1, -0.05) is 18.2 Å². The summed E-state index contributed by atoms with van der Waals surface area (Å²) in [6.45, 7) is 4.53. The van der Waals surface area contributed by atoms with E-state index in [0.29, 0.717) is 18.7 Å². The summed E-state index contributed by atoms with van der Waals surface area (Å²) in [5, 5.41) is 0. The SMILES string of the molecule is COc1cccc(N2CCN(C3C(=O)c4ccccc4N3C(C)=O)CC2)c1. The fourth-order valence-corrected chi connectivity index (χ4v) is 3.98. The van der Waals surface area contributed by atoms with Crippen LogP contribution in [-0.4, -0.2) is 56.0 Å². The molecule has 2 aliphatic rings. The van der Waals surface area contributed by atoms with Gasteiger partial charge in [0, 0.05) is 50.4 Å². The Morgan fingerprint density at radius 2 is 1.78 bits per heavy atom. The highest BCUT2D eigenvalue weighted by Crippen LogP contribution is 2.34. The number of piperazine rings is 1. The van der Waals surface area contributed by atoms with Crippen LogP contribution in [0.5, 0.6) is 5.75 Å². The number of rotatable bonds is 3. The molecule has 2 aromatic carbocycles. The van der Waals surface area contributed by atoms with Crippen LogP contribution < -0.4 is 14.5 Å². The second-order valence-corrected chi connectivity index (χ2v) is 6.87. The van der Waals surface area contributed by atoms with Crippen molar-refractivity contribution in [3.63, 3.8) is 0 Å². The molecule has 27 heavy (non-hydrogen) atoms. The molecule has 0 aromatic heterocycles. The Labute approximate surface area is 158 Å². The number of hydrogen-bond donors (Lipinski definition) is 0. The summed E-state index contributed by atoms with van der Waals surface area (Å²) >= 11 is 0. The quantitative estimate of drug-likeness (QED) is 0.836. The fraction of sp³-hybridized carbons (Fsp3) is 0.333. The molecule has 0 spiro atoms. The number of amides is 1. The Balaban J connectivity index is 1.52. The predicted molar refractivity (Wildman–Crippen MR) is 105 cm³/mol. The third kappa shape index (κ3) is 3.06. The Morgan fingerprint density at radius 1 is 1.04 bits per heavy atom. The Morgan fingerprint density at radius 3 is 2.48 bits per heavy atom. The van der Waals surface area contributed by atoms with Crippen molar-refractivity contribution >= 4 is 23.1 Å². The van der Waals surface area contributed by atoms with Crippen molar-refractivity contribution in [2.75, 3.05) is 43.1 Å². The smallest absolute Gasteiger partial charge is 0.225 e. The van der Waals surface area contributed by atoms with E-state index in [4.69, 9.17) is 4.74 Å². The minimum atomic E-state index is -0.535. The lowest BCUT2D eigenvalue weighted by Crippen LogP contribution is -2.58. The number of nitrogens with zero attached hydrogens (tertiary/aromatic N) is 3. The molecule has 2 aliphatic heterocycles. The van der Waals surface area contributed by atoms with Crippen molar-refractivity contribution in [3.8, 4) is 5.75 Å². The molecule has 1 fully saturated rings. The van der Waals surface area contributed by atoms with Crippen LogP contribution in [0.1, 0.15) is 17.3 Å². The van der Waals surface area contributed by atoms with E-state index in [-0.39, 0.29) is 11.7 Å². The first-order valence-electron chi connectivity index (χ1n) is 9.16. The van der Waals surface area contributed by atoms with E-state index in [9.17, 15) is 9.59 Å². The molecule has 4 rings (SSSR count). The van der Waals surface area contributed by atoms with Gasteiger partial charge in [-0.3, -0.25) is 19.4 Å². The lowest BCUT2D eigenvalue weighted by atomic mass is 10.1. The summed E-state index contributed by atoms with van der Waals surface area (Å²) in [6.07, 6.45) is -0.535. The number of para-hydroxylation sites is 1. The average molecular weight is 365 g/mol. The summed E-state index contributed by atoms with van der Waals surface area (Å²) in [4.78, 5) is 31.3. The topological polar surface area (TPSA) is 53.1 Å². The maximum Gasteiger partial charge on any atom is 0.225 e. The number of ketones is 1. The largest absolute Gasteiger partial charge is 0.497 e. The van der Waals surface area contributed by atoms with Crippen LogP contribution in [-0.2, 0) is 4.79 Å². The van der Waals surface area contributed by atoms with Crippen molar-refractivity contribution < 1.29 is 14.3 Å². The second-order valence-electron chi connectivity index (χ2n) is 6.87. The Kier molecular flexibility index (Phi) is 4.58. The number of carbonyl (C=O) groups is 2. The summed E-state index contributed by atoms with van der Waals surface area (Å²) < 4.78 is 5.31. The summed E-state index contributed by atoms with van der Waals surface area (Å²) in [5.74, 6) is 0.739. The zero-order chi connectivity index (χ0) is 19.0. The summed E-state index contributed by atoms with van der Waals surface area (Å²) in [7, 11) is 1.66. The van der Waals surface area contributed by atoms with E-state index < -0.39 is 6.17 Å². The molecular formula is C21H23N3O3. The highest BCUT2D eigenvalue weighted by atomic mass is 16.5. The number of methoxy groups -OCH3 is 1. The first-order valence-corrected chi connectivity index (χ1v) is 9.16. The van der Waals surface area contributed by atoms with Gasteiger partial charge in [0.1, 0.15) is 5.75 Å². The van der Waals surface area contributed by atoms with Gasteiger partial charge in [0.25, 0.3) is 0 Å². The van der Waals surface area contributed by atoms with E-state index in [1.54, 1.807) is 18.1 Å². The summed E-state index contributed by atoms with van der Waals surface area (Å²) in [6, 6.07) is 15.4. The zero-order valence-electron chi connectivity index (χ0n) is 15.6. The maximum atomic E-state index is 13.0. The third-order valence-electron chi connectivity index (χ3n) is 5.33. The predicted octanol–water partition coefficient (Wildman–Crippen LogP) is 2.39. The van der Waals surface area contributed by atoms with E-state index in [0.717, 1.165) is 30.2 Å². The van der Waals surface area contributed by atoms with Gasteiger partial charge in [-0.25, -0.2) is 0 Å². The summed E-state index contributed by atoms with van der Waals surface area (Å²) in [5.41, 5.74) is 2.46. The molecule has 1 atom stereocenters. The van der Waals surface area contributed by atoms with Gasteiger partial charge in [0.2, 0.25) is 11.7 Å². The van der Waals surface area contributed by atoms with Crippen molar-refractivity contribution in [3.05, 3.63) is 54.1 Å². The van der Waals surface area contributed by atoms with Crippen LogP contribution in [0.2, 0.25) is 0 Å². The van der Waals surface area contributed by atoms with Crippen molar-refractivity contribution in [2.45, 2.75) is 13.1 Å². The first kappa shape index (κ1) is 17.5. The van der Waals surface area contributed by atoms with Gasteiger partial charge in [0.15, 0.2) is 6.17 Å². The average Bonchev–Trinajstić information content (AvgIpc) is 3.01. The van der Waals surface area contributed by atoms with E-state index >= 15 is 0 Å². The molecule has 2 aromatic rings. The van der Waals surface area contributed by atoms with E-state index in [2.05, 4.69) is 15.9 Å². The lowest BCUT2D eigenvalue weighted by Gasteiger charge is -2.40.